The van der Waals surface area contributed by atoms with Crippen LogP contribution in [0.2, 0.25) is 0 Å². The van der Waals surface area contributed by atoms with Gasteiger partial charge in [-0.25, -0.2) is 0 Å². The summed E-state index contributed by atoms with van der Waals surface area (Å²) in [6.07, 6.45) is 6.63. The number of aryl methyl sites for hydroxylation is 2. The average molecular weight is 312 g/mol. The Hall–Kier alpha value is -0.500. The Labute approximate surface area is 120 Å². The van der Waals surface area contributed by atoms with Crippen molar-refractivity contribution in [1.82, 2.24) is 0 Å². The van der Waals surface area contributed by atoms with E-state index in [2.05, 4.69) is 61.1 Å². The Kier molecular flexibility index (Phi) is 6.77. The van der Waals surface area contributed by atoms with Crippen LogP contribution in [0.25, 0.3) is 0 Å². The lowest BCUT2D eigenvalue weighted by Gasteiger charge is -2.19. The Balaban J connectivity index is 2.51. The summed E-state index contributed by atoms with van der Waals surface area (Å²) in [5.41, 5.74) is 3.95. The second-order valence-electron chi connectivity index (χ2n) is 5.31. The van der Waals surface area contributed by atoms with Gasteiger partial charge in [-0.3, -0.25) is 0 Å². The summed E-state index contributed by atoms with van der Waals surface area (Å²) in [7, 11) is 0. The molecule has 0 amide bonds. The molecule has 0 heterocycles. The monoisotopic (exact) mass is 311 g/mol. The molecular formula is C16H26BrN. The Morgan fingerprint density at radius 1 is 1.11 bits per heavy atom. The number of anilines is 1. The van der Waals surface area contributed by atoms with Crippen LogP contribution < -0.4 is 5.32 Å². The average Bonchev–Trinajstić information content (AvgIpc) is 2.29. The minimum Gasteiger partial charge on any atom is -0.382 e. The van der Waals surface area contributed by atoms with Crippen molar-refractivity contribution in [3.63, 3.8) is 0 Å². The fraction of sp³-hybridized carbons (Fsp3) is 0.625. The van der Waals surface area contributed by atoms with Crippen molar-refractivity contribution >= 4 is 21.6 Å². The summed E-state index contributed by atoms with van der Waals surface area (Å²) in [4.78, 5) is 0. The van der Waals surface area contributed by atoms with Crippen LogP contribution in [0.4, 0.5) is 5.69 Å². The van der Waals surface area contributed by atoms with Crippen LogP contribution >= 0.6 is 15.9 Å². The third-order valence-corrected chi connectivity index (χ3v) is 3.84. The molecular weight excluding hydrogens is 286 g/mol. The molecule has 1 nitrogen and oxygen atoms in total. The fourth-order valence-corrected chi connectivity index (χ4v) is 3.02. The van der Waals surface area contributed by atoms with E-state index in [4.69, 9.17) is 0 Å². The van der Waals surface area contributed by atoms with Crippen molar-refractivity contribution in [2.24, 2.45) is 0 Å². The molecule has 0 aliphatic rings. The zero-order valence-corrected chi connectivity index (χ0v) is 13.7. The largest absolute Gasteiger partial charge is 0.382 e. The molecule has 0 bridgehead atoms. The van der Waals surface area contributed by atoms with Crippen molar-refractivity contribution in [2.45, 2.75) is 65.8 Å². The van der Waals surface area contributed by atoms with Crippen LogP contribution in [0, 0.1) is 13.8 Å². The molecule has 1 atom stereocenters. The lowest BCUT2D eigenvalue weighted by molar-refractivity contribution is 0.593. The minimum absolute atomic E-state index is 0.556. The summed E-state index contributed by atoms with van der Waals surface area (Å²) < 4.78 is 1.17. The maximum absolute atomic E-state index is 3.66. The van der Waals surface area contributed by atoms with Gasteiger partial charge in [0.15, 0.2) is 0 Å². The molecule has 102 valence electrons. The number of halogens is 1. The predicted octanol–water partition coefficient (Wildman–Crippen LogP) is 5.84. The summed E-state index contributed by atoms with van der Waals surface area (Å²) >= 11 is 3.54. The molecule has 1 rings (SSSR count). The van der Waals surface area contributed by atoms with Crippen molar-refractivity contribution in [3.8, 4) is 0 Å². The van der Waals surface area contributed by atoms with Gasteiger partial charge in [-0.1, -0.05) is 48.5 Å². The molecule has 0 spiro atoms. The van der Waals surface area contributed by atoms with E-state index < -0.39 is 0 Å². The Morgan fingerprint density at radius 3 is 2.28 bits per heavy atom. The van der Waals surface area contributed by atoms with Crippen LogP contribution in [-0.2, 0) is 0 Å². The standard InChI is InChI=1S/C16H26BrN/c1-5-6-7-8-9-14(4)18-16-12(2)10-15(17)11-13(16)3/h10-11,14,18H,5-9H2,1-4H3. The number of hydrogen-bond donors (Lipinski definition) is 1. The summed E-state index contributed by atoms with van der Waals surface area (Å²) in [5.74, 6) is 0. The summed E-state index contributed by atoms with van der Waals surface area (Å²) in [6.45, 7) is 8.89. The van der Waals surface area contributed by atoms with Gasteiger partial charge in [-0.15, -0.1) is 0 Å². The zero-order valence-electron chi connectivity index (χ0n) is 12.1. The highest BCUT2D eigenvalue weighted by Crippen LogP contribution is 2.26. The first-order chi connectivity index (χ1) is 8.54. The smallest absolute Gasteiger partial charge is 0.0402 e. The predicted molar refractivity (Wildman–Crippen MR) is 85.5 cm³/mol. The van der Waals surface area contributed by atoms with E-state index >= 15 is 0 Å². The third kappa shape index (κ3) is 5.01. The maximum Gasteiger partial charge on any atom is 0.0402 e. The first kappa shape index (κ1) is 15.6. The molecule has 1 unspecified atom stereocenters. The molecule has 18 heavy (non-hydrogen) atoms. The van der Waals surface area contributed by atoms with E-state index in [1.54, 1.807) is 0 Å². The molecule has 0 saturated heterocycles. The van der Waals surface area contributed by atoms with Gasteiger partial charge in [0.25, 0.3) is 0 Å². The lowest BCUT2D eigenvalue weighted by atomic mass is 10.1. The first-order valence-electron chi connectivity index (χ1n) is 7.08. The second-order valence-corrected chi connectivity index (χ2v) is 6.22. The van der Waals surface area contributed by atoms with Crippen molar-refractivity contribution < 1.29 is 0 Å². The van der Waals surface area contributed by atoms with Crippen LogP contribution in [-0.4, -0.2) is 6.04 Å². The number of unbranched alkanes of at least 4 members (excludes halogenated alkanes) is 3. The quantitative estimate of drug-likeness (QED) is 0.624. The zero-order chi connectivity index (χ0) is 13.5. The second kappa shape index (κ2) is 7.83. The highest BCUT2D eigenvalue weighted by molar-refractivity contribution is 9.10. The van der Waals surface area contributed by atoms with Gasteiger partial charge >= 0.3 is 0 Å². The number of nitrogens with one attached hydrogen (secondary N) is 1. The number of hydrogen-bond acceptors (Lipinski definition) is 1. The normalized spacial score (nSPS) is 12.5. The Morgan fingerprint density at radius 2 is 1.72 bits per heavy atom. The van der Waals surface area contributed by atoms with Crippen LogP contribution in [0.15, 0.2) is 16.6 Å². The topological polar surface area (TPSA) is 12.0 Å². The molecule has 1 aromatic carbocycles. The van der Waals surface area contributed by atoms with Crippen molar-refractivity contribution in [2.75, 3.05) is 5.32 Å². The van der Waals surface area contributed by atoms with E-state index in [1.807, 2.05) is 0 Å². The van der Waals surface area contributed by atoms with Crippen molar-refractivity contribution in [1.29, 1.82) is 0 Å². The molecule has 0 aromatic heterocycles. The number of rotatable bonds is 7. The van der Waals surface area contributed by atoms with E-state index in [-0.39, 0.29) is 0 Å². The van der Waals surface area contributed by atoms with Gasteiger partial charge < -0.3 is 5.32 Å². The van der Waals surface area contributed by atoms with Gasteiger partial charge in [0.05, 0.1) is 0 Å². The minimum atomic E-state index is 0.556. The molecule has 2 heteroatoms. The summed E-state index contributed by atoms with van der Waals surface area (Å²) in [5, 5.41) is 3.66. The molecule has 0 fully saturated rings. The van der Waals surface area contributed by atoms with Crippen LogP contribution in [0.5, 0.6) is 0 Å². The van der Waals surface area contributed by atoms with E-state index in [0.29, 0.717) is 6.04 Å². The van der Waals surface area contributed by atoms with E-state index in [9.17, 15) is 0 Å². The van der Waals surface area contributed by atoms with Crippen LogP contribution in [0.3, 0.4) is 0 Å². The molecule has 1 aromatic rings. The molecule has 0 aliphatic carbocycles. The molecule has 0 radical (unpaired) electrons. The van der Waals surface area contributed by atoms with Gasteiger partial charge in [0, 0.05) is 16.2 Å². The van der Waals surface area contributed by atoms with E-state index in [0.717, 1.165) is 0 Å². The molecule has 0 aliphatic heterocycles. The van der Waals surface area contributed by atoms with Gasteiger partial charge in [-0.05, 0) is 50.5 Å². The third-order valence-electron chi connectivity index (χ3n) is 3.38. The lowest BCUT2D eigenvalue weighted by Crippen LogP contribution is -2.16. The first-order valence-corrected chi connectivity index (χ1v) is 7.87. The summed E-state index contributed by atoms with van der Waals surface area (Å²) in [6, 6.07) is 4.92. The van der Waals surface area contributed by atoms with E-state index in [1.165, 1.54) is 53.4 Å². The highest BCUT2D eigenvalue weighted by Gasteiger charge is 2.07. The highest BCUT2D eigenvalue weighted by atomic mass is 79.9. The molecule has 0 saturated carbocycles. The van der Waals surface area contributed by atoms with Crippen molar-refractivity contribution in [3.05, 3.63) is 27.7 Å². The van der Waals surface area contributed by atoms with Gasteiger partial charge in [0.2, 0.25) is 0 Å². The molecule has 1 N–H and O–H groups in total. The van der Waals surface area contributed by atoms with Gasteiger partial charge in [-0.2, -0.15) is 0 Å². The Bertz CT molecular complexity index is 350. The SMILES string of the molecule is CCCCCCC(C)Nc1c(C)cc(Br)cc1C. The number of benzene rings is 1. The van der Waals surface area contributed by atoms with Gasteiger partial charge in [0.1, 0.15) is 0 Å². The maximum atomic E-state index is 3.66. The fourth-order valence-electron chi connectivity index (χ4n) is 2.33. The van der Waals surface area contributed by atoms with Crippen LogP contribution in [0.1, 0.15) is 57.1 Å².